The number of carbonyl (C=O) groups excluding carboxylic acids is 3. The molecule has 30 heavy (non-hydrogen) atoms. The number of esters is 1. The maximum atomic E-state index is 13.3. The van der Waals surface area contributed by atoms with E-state index in [4.69, 9.17) is 4.74 Å². The van der Waals surface area contributed by atoms with Crippen LogP contribution in [0.5, 0.6) is 0 Å². The standard InChI is InChI=1S/C22H24F2N2O4/c1-4-30-22(29)13(2)18-7-5-6-8-19(18)26-21(28)14(3)25-20(27)11-15-9-16(23)12-17(24)10-15/h5-10,12-14H,4,11H2,1-3H3,(H,25,27)(H,26,28)/t13?,14-/m0/s1. The third-order valence-electron chi connectivity index (χ3n) is 4.38. The smallest absolute Gasteiger partial charge is 0.313 e. The molecule has 0 radical (unpaired) electrons. The number of para-hydroxylation sites is 1. The molecule has 0 aliphatic rings. The van der Waals surface area contributed by atoms with E-state index in [9.17, 15) is 23.2 Å². The molecule has 2 aromatic rings. The lowest BCUT2D eigenvalue weighted by molar-refractivity contribution is -0.144. The SMILES string of the molecule is CCOC(=O)C(C)c1ccccc1NC(=O)[C@H](C)NC(=O)Cc1cc(F)cc(F)c1. The molecule has 2 amide bonds. The van der Waals surface area contributed by atoms with Crippen LogP contribution in [0.15, 0.2) is 42.5 Å². The molecule has 2 atom stereocenters. The third kappa shape index (κ3) is 6.37. The second-order valence-corrected chi connectivity index (χ2v) is 6.79. The first-order valence-corrected chi connectivity index (χ1v) is 9.52. The Morgan fingerprint density at radius 3 is 2.30 bits per heavy atom. The second kappa shape index (κ2) is 10.5. The molecule has 0 aliphatic heterocycles. The number of amides is 2. The zero-order valence-electron chi connectivity index (χ0n) is 17.0. The molecule has 0 aromatic heterocycles. The fourth-order valence-electron chi connectivity index (χ4n) is 2.88. The van der Waals surface area contributed by atoms with Crippen molar-refractivity contribution in [3.8, 4) is 0 Å². The summed E-state index contributed by atoms with van der Waals surface area (Å²) < 4.78 is 31.5. The summed E-state index contributed by atoms with van der Waals surface area (Å²) in [7, 11) is 0. The minimum Gasteiger partial charge on any atom is -0.466 e. The van der Waals surface area contributed by atoms with Gasteiger partial charge < -0.3 is 15.4 Å². The van der Waals surface area contributed by atoms with Crippen LogP contribution < -0.4 is 10.6 Å². The van der Waals surface area contributed by atoms with Gasteiger partial charge in [-0.2, -0.15) is 0 Å². The fourth-order valence-corrected chi connectivity index (χ4v) is 2.88. The maximum absolute atomic E-state index is 13.3. The van der Waals surface area contributed by atoms with Gasteiger partial charge in [0.15, 0.2) is 0 Å². The molecule has 0 fully saturated rings. The maximum Gasteiger partial charge on any atom is 0.313 e. The van der Waals surface area contributed by atoms with E-state index >= 15 is 0 Å². The zero-order valence-corrected chi connectivity index (χ0v) is 17.0. The third-order valence-corrected chi connectivity index (χ3v) is 4.38. The Hall–Kier alpha value is -3.29. The van der Waals surface area contributed by atoms with Gasteiger partial charge in [0, 0.05) is 11.8 Å². The predicted molar refractivity (Wildman–Crippen MR) is 108 cm³/mol. The highest BCUT2D eigenvalue weighted by Gasteiger charge is 2.22. The highest BCUT2D eigenvalue weighted by molar-refractivity contribution is 5.98. The molecule has 0 saturated heterocycles. The van der Waals surface area contributed by atoms with Crippen molar-refractivity contribution in [1.82, 2.24) is 5.32 Å². The largest absolute Gasteiger partial charge is 0.466 e. The number of nitrogens with one attached hydrogen (secondary N) is 2. The molecule has 160 valence electrons. The number of anilines is 1. The quantitative estimate of drug-likeness (QED) is 0.644. The molecule has 0 bridgehead atoms. The number of carbonyl (C=O) groups is 3. The monoisotopic (exact) mass is 418 g/mol. The number of hydrogen-bond donors (Lipinski definition) is 2. The van der Waals surface area contributed by atoms with Gasteiger partial charge in [-0.3, -0.25) is 14.4 Å². The summed E-state index contributed by atoms with van der Waals surface area (Å²) in [4.78, 5) is 36.7. The van der Waals surface area contributed by atoms with Crippen molar-refractivity contribution in [3.63, 3.8) is 0 Å². The summed E-state index contributed by atoms with van der Waals surface area (Å²) >= 11 is 0. The molecule has 0 aliphatic carbocycles. The van der Waals surface area contributed by atoms with Crippen molar-refractivity contribution in [2.75, 3.05) is 11.9 Å². The molecular formula is C22H24F2N2O4. The summed E-state index contributed by atoms with van der Waals surface area (Å²) in [6.45, 7) is 5.11. The van der Waals surface area contributed by atoms with Crippen molar-refractivity contribution in [2.24, 2.45) is 0 Å². The first-order chi connectivity index (χ1) is 14.2. The van der Waals surface area contributed by atoms with E-state index in [2.05, 4.69) is 10.6 Å². The minimum absolute atomic E-state index is 0.159. The molecule has 2 aromatic carbocycles. The van der Waals surface area contributed by atoms with E-state index < -0.39 is 41.4 Å². The van der Waals surface area contributed by atoms with Gasteiger partial charge in [0.1, 0.15) is 17.7 Å². The van der Waals surface area contributed by atoms with Crippen LogP contribution in [0, 0.1) is 11.6 Å². The van der Waals surface area contributed by atoms with Crippen LogP contribution in [0.25, 0.3) is 0 Å². The Bertz CT molecular complexity index is 913. The summed E-state index contributed by atoms with van der Waals surface area (Å²) in [6.07, 6.45) is -0.275. The van der Waals surface area contributed by atoms with Crippen LogP contribution in [0.4, 0.5) is 14.5 Å². The number of rotatable bonds is 8. The van der Waals surface area contributed by atoms with Crippen LogP contribution in [-0.2, 0) is 25.5 Å². The van der Waals surface area contributed by atoms with E-state index in [1.54, 1.807) is 38.1 Å². The Kier molecular flexibility index (Phi) is 8.03. The molecule has 0 spiro atoms. The normalized spacial score (nSPS) is 12.6. The molecule has 2 N–H and O–H groups in total. The summed E-state index contributed by atoms with van der Waals surface area (Å²) in [5, 5.41) is 5.19. The van der Waals surface area contributed by atoms with Gasteiger partial charge in [-0.15, -0.1) is 0 Å². The van der Waals surface area contributed by atoms with Gasteiger partial charge in [0.05, 0.1) is 18.9 Å². The van der Waals surface area contributed by atoms with Crippen LogP contribution in [0.1, 0.15) is 37.8 Å². The fraction of sp³-hybridized carbons (Fsp3) is 0.318. The van der Waals surface area contributed by atoms with Gasteiger partial charge in [0.25, 0.3) is 0 Å². The minimum atomic E-state index is -0.915. The summed E-state index contributed by atoms with van der Waals surface area (Å²) in [6, 6.07) is 8.71. The topological polar surface area (TPSA) is 84.5 Å². The lowest BCUT2D eigenvalue weighted by Crippen LogP contribution is -2.42. The van der Waals surface area contributed by atoms with Gasteiger partial charge in [-0.05, 0) is 50.1 Å². The van der Waals surface area contributed by atoms with E-state index in [-0.39, 0.29) is 18.6 Å². The van der Waals surface area contributed by atoms with E-state index in [0.717, 1.165) is 12.1 Å². The number of ether oxygens (including phenoxy) is 1. The molecule has 0 heterocycles. The zero-order chi connectivity index (χ0) is 22.3. The van der Waals surface area contributed by atoms with E-state index in [1.807, 2.05) is 0 Å². The first-order valence-electron chi connectivity index (χ1n) is 9.52. The lowest BCUT2D eigenvalue weighted by atomic mass is 9.99. The van der Waals surface area contributed by atoms with Gasteiger partial charge in [-0.1, -0.05) is 18.2 Å². The molecule has 2 rings (SSSR count). The lowest BCUT2D eigenvalue weighted by Gasteiger charge is -2.18. The van der Waals surface area contributed by atoms with Crippen molar-refractivity contribution in [3.05, 3.63) is 65.2 Å². The number of hydrogen-bond acceptors (Lipinski definition) is 4. The van der Waals surface area contributed by atoms with Crippen LogP contribution in [0.2, 0.25) is 0 Å². The van der Waals surface area contributed by atoms with Crippen LogP contribution >= 0.6 is 0 Å². The molecule has 0 saturated carbocycles. The molecule has 6 nitrogen and oxygen atoms in total. The predicted octanol–water partition coefficient (Wildman–Crippen LogP) is 3.32. The van der Waals surface area contributed by atoms with Gasteiger partial charge in [-0.25, -0.2) is 8.78 Å². The van der Waals surface area contributed by atoms with Crippen molar-refractivity contribution < 1.29 is 27.9 Å². The first kappa shape index (κ1) is 23.0. The molecular weight excluding hydrogens is 394 g/mol. The van der Waals surface area contributed by atoms with E-state index in [0.29, 0.717) is 17.3 Å². The molecule has 8 heteroatoms. The Labute approximate surface area is 173 Å². The Balaban J connectivity index is 2.02. The highest BCUT2D eigenvalue weighted by Crippen LogP contribution is 2.25. The average molecular weight is 418 g/mol. The Morgan fingerprint density at radius 1 is 1.03 bits per heavy atom. The summed E-state index contributed by atoms with van der Waals surface area (Å²) in [5.74, 6) is -3.63. The van der Waals surface area contributed by atoms with E-state index in [1.165, 1.54) is 6.92 Å². The number of halogens is 2. The highest BCUT2D eigenvalue weighted by atomic mass is 19.1. The van der Waals surface area contributed by atoms with Crippen molar-refractivity contribution >= 4 is 23.5 Å². The Morgan fingerprint density at radius 2 is 1.67 bits per heavy atom. The van der Waals surface area contributed by atoms with Crippen LogP contribution in [-0.4, -0.2) is 30.4 Å². The summed E-state index contributed by atoms with van der Waals surface area (Å²) in [5.41, 5.74) is 1.17. The van der Waals surface area contributed by atoms with Gasteiger partial charge in [0.2, 0.25) is 11.8 Å². The average Bonchev–Trinajstić information content (AvgIpc) is 2.67. The van der Waals surface area contributed by atoms with Crippen LogP contribution in [0.3, 0.4) is 0 Å². The van der Waals surface area contributed by atoms with Gasteiger partial charge >= 0.3 is 5.97 Å². The second-order valence-electron chi connectivity index (χ2n) is 6.79. The number of benzene rings is 2. The molecule has 1 unspecified atom stereocenters. The van der Waals surface area contributed by atoms with Crippen molar-refractivity contribution in [2.45, 2.75) is 39.2 Å². The van der Waals surface area contributed by atoms with Crippen molar-refractivity contribution in [1.29, 1.82) is 0 Å².